The molecule has 0 aliphatic carbocycles. The summed E-state index contributed by atoms with van der Waals surface area (Å²) >= 11 is 0. The van der Waals surface area contributed by atoms with E-state index in [0.717, 1.165) is 18.6 Å². The molecule has 0 spiro atoms. The maximum Gasteiger partial charge on any atom is 0.485 e. The zero-order valence-corrected chi connectivity index (χ0v) is 12.2. The van der Waals surface area contributed by atoms with Gasteiger partial charge in [-0.15, -0.1) is 0 Å². The molecule has 114 valence electrons. The minimum absolute atomic E-state index is 0.492. The second-order valence-electron chi connectivity index (χ2n) is 4.06. The smallest absolute Gasteiger partial charge is 0.485 e. The number of alkyl halides is 3. The highest BCUT2D eigenvalue weighted by atomic mass is 32.2. The van der Waals surface area contributed by atoms with Crippen LogP contribution in [0.3, 0.4) is 0 Å². The average Bonchev–Trinajstić information content (AvgIpc) is 2.68. The van der Waals surface area contributed by atoms with Crippen LogP contribution < -0.4 is 0 Å². The summed E-state index contributed by atoms with van der Waals surface area (Å²) in [6.45, 7) is 2.08. The number of ketones is 1. The molecule has 0 aromatic rings. The van der Waals surface area contributed by atoms with Gasteiger partial charge in [-0.25, -0.2) is 8.42 Å². The van der Waals surface area contributed by atoms with Crippen molar-refractivity contribution in [1.82, 2.24) is 0 Å². The molecule has 1 aliphatic rings. The Balaban J connectivity index is 0.000000362. The van der Waals surface area contributed by atoms with Crippen LogP contribution in [0, 0.1) is 0 Å². The van der Waals surface area contributed by atoms with Crippen LogP contribution in [0.25, 0.3) is 0 Å². The van der Waals surface area contributed by atoms with E-state index in [1.165, 1.54) is 24.3 Å². The fraction of sp³-hybridized carbons (Fsp3) is 0.900. The molecule has 0 unspecified atom stereocenters. The largest absolute Gasteiger partial charge is 0.741 e. The zero-order chi connectivity index (χ0) is 15.1. The van der Waals surface area contributed by atoms with Crippen LogP contribution in [-0.4, -0.2) is 41.5 Å². The molecule has 9 heteroatoms. The van der Waals surface area contributed by atoms with Gasteiger partial charge in [-0.05, 0) is 30.2 Å². The van der Waals surface area contributed by atoms with E-state index in [4.69, 9.17) is 13.0 Å². The van der Waals surface area contributed by atoms with Gasteiger partial charge in [0.1, 0.15) is 11.5 Å². The van der Waals surface area contributed by atoms with Crippen molar-refractivity contribution in [2.45, 2.75) is 38.1 Å². The van der Waals surface area contributed by atoms with Gasteiger partial charge < -0.3 is 4.55 Å². The van der Waals surface area contributed by atoms with Crippen LogP contribution in [0.4, 0.5) is 13.2 Å². The lowest BCUT2D eigenvalue weighted by molar-refractivity contribution is -0.116. The van der Waals surface area contributed by atoms with Crippen LogP contribution in [0.15, 0.2) is 0 Å². The molecule has 19 heavy (non-hydrogen) atoms. The number of hydrogen-bond donors (Lipinski definition) is 0. The van der Waals surface area contributed by atoms with Crippen LogP contribution in [-0.2, 0) is 25.8 Å². The third-order valence-corrected chi connectivity index (χ3v) is 5.32. The maximum atomic E-state index is 11.2. The molecule has 0 amide bonds. The minimum Gasteiger partial charge on any atom is -0.741 e. The molecular weight excluding hydrogens is 305 g/mol. The highest BCUT2D eigenvalue weighted by Gasteiger charge is 2.36. The predicted molar refractivity (Wildman–Crippen MR) is 66.9 cm³/mol. The van der Waals surface area contributed by atoms with Crippen LogP contribution >= 0.6 is 0 Å². The lowest BCUT2D eigenvalue weighted by atomic mass is 10.3. The summed E-state index contributed by atoms with van der Waals surface area (Å²) in [5.74, 6) is 4.05. The van der Waals surface area contributed by atoms with Crippen molar-refractivity contribution < 1.29 is 30.9 Å². The molecule has 0 aromatic heterocycles. The third-order valence-electron chi connectivity index (χ3n) is 2.29. The molecule has 4 nitrogen and oxygen atoms in total. The van der Waals surface area contributed by atoms with Crippen molar-refractivity contribution in [2.75, 3.05) is 17.3 Å². The number of Topliss-reactive ketones (excluding diaryl/α,β-unsaturated/α-hetero) is 1. The first-order valence-electron chi connectivity index (χ1n) is 5.76. The summed E-state index contributed by atoms with van der Waals surface area (Å²) in [5, 5.41) is 0. The predicted octanol–water partition coefficient (Wildman–Crippen LogP) is 1.82. The van der Waals surface area contributed by atoms with Crippen LogP contribution in [0.1, 0.15) is 32.6 Å². The van der Waals surface area contributed by atoms with Gasteiger partial charge in [0.05, 0.1) is 0 Å². The number of halogens is 3. The molecule has 1 heterocycles. The van der Waals surface area contributed by atoms with Gasteiger partial charge in [0.25, 0.3) is 0 Å². The topological polar surface area (TPSA) is 74.3 Å². The summed E-state index contributed by atoms with van der Waals surface area (Å²) < 4.78 is 58.9. The van der Waals surface area contributed by atoms with Crippen molar-refractivity contribution in [1.29, 1.82) is 0 Å². The SMILES string of the molecule is CCCC(=O)C[S+]1CCCC1.O=S(=O)([O-])C(F)(F)F. The highest BCUT2D eigenvalue weighted by Crippen LogP contribution is 2.20. The maximum absolute atomic E-state index is 11.2. The van der Waals surface area contributed by atoms with Gasteiger partial charge in [0.2, 0.25) is 0 Å². The van der Waals surface area contributed by atoms with Crippen molar-refractivity contribution in [2.24, 2.45) is 0 Å². The zero-order valence-electron chi connectivity index (χ0n) is 10.5. The summed E-state index contributed by atoms with van der Waals surface area (Å²) in [6, 6.07) is 0. The first-order valence-corrected chi connectivity index (χ1v) is 8.90. The van der Waals surface area contributed by atoms with E-state index in [9.17, 15) is 18.0 Å². The fourth-order valence-electron chi connectivity index (χ4n) is 1.44. The second kappa shape index (κ2) is 8.11. The molecule has 1 aliphatic heterocycles. The van der Waals surface area contributed by atoms with Gasteiger partial charge in [-0.2, -0.15) is 13.2 Å². The highest BCUT2D eigenvalue weighted by molar-refractivity contribution is 7.97. The number of rotatable bonds is 4. The Labute approximate surface area is 113 Å². The first-order chi connectivity index (χ1) is 8.58. The molecule has 0 aromatic carbocycles. The monoisotopic (exact) mass is 322 g/mol. The number of hydrogen-bond acceptors (Lipinski definition) is 4. The molecule has 0 N–H and O–H groups in total. The Morgan fingerprint density at radius 3 is 2.00 bits per heavy atom. The first kappa shape index (κ1) is 18.7. The Morgan fingerprint density at radius 2 is 1.68 bits per heavy atom. The number of carbonyl (C=O) groups is 1. The van der Waals surface area contributed by atoms with Crippen molar-refractivity contribution in [3.8, 4) is 0 Å². The lowest BCUT2D eigenvalue weighted by Crippen LogP contribution is -2.21. The molecule has 0 atom stereocenters. The van der Waals surface area contributed by atoms with E-state index in [0.29, 0.717) is 16.7 Å². The Bertz CT molecular complexity index is 373. The van der Waals surface area contributed by atoms with E-state index in [-0.39, 0.29) is 0 Å². The average molecular weight is 322 g/mol. The van der Waals surface area contributed by atoms with Gasteiger partial charge >= 0.3 is 5.51 Å². The molecule has 0 bridgehead atoms. The van der Waals surface area contributed by atoms with Crippen LogP contribution in [0.2, 0.25) is 0 Å². The molecule has 1 rings (SSSR count). The summed E-state index contributed by atoms with van der Waals surface area (Å²) in [7, 11) is -5.60. The van der Waals surface area contributed by atoms with Gasteiger partial charge in [0, 0.05) is 6.42 Å². The molecule has 0 saturated carbocycles. The summed E-state index contributed by atoms with van der Waals surface area (Å²) in [5.41, 5.74) is -5.65. The van der Waals surface area contributed by atoms with E-state index in [1.807, 2.05) is 0 Å². The van der Waals surface area contributed by atoms with Gasteiger partial charge in [0.15, 0.2) is 21.7 Å². The molecular formula is C10H17F3O4S2. The standard InChI is InChI=1S/C9H17OS.CHF3O3S/c1-2-5-9(10)8-11-6-3-4-7-11;2-1(3,4)8(5,6)7/h2-8H2,1H3;(H,5,6,7)/q+1;/p-1. The normalized spacial score (nSPS) is 16.9. The van der Waals surface area contributed by atoms with Crippen molar-refractivity contribution in [3.05, 3.63) is 0 Å². The van der Waals surface area contributed by atoms with E-state index in [2.05, 4.69) is 6.92 Å². The fourth-order valence-corrected chi connectivity index (χ4v) is 3.75. The van der Waals surface area contributed by atoms with Crippen molar-refractivity contribution >= 4 is 26.8 Å². The van der Waals surface area contributed by atoms with Gasteiger partial charge in [-0.1, -0.05) is 6.92 Å². The van der Waals surface area contributed by atoms with Crippen LogP contribution in [0.5, 0.6) is 0 Å². The number of carbonyl (C=O) groups excluding carboxylic acids is 1. The lowest BCUT2D eigenvalue weighted by Gasteiger charge is -2.08. The van der Waals surface area contributed by atoms with E-state index >= 15 is 0 Å². The minimum atomic E-state index is -6.09. The van der Waals surface area contributed by atoms with Crippen molar-refractivity contribution in [3.63, 3.8) is 0 Å². The van der Waals surface area contributed by atoms with E-state index < -0.39 is 15.6 Å². The molecule has 1 saturated heterocycles. The molecule has 0 radical (unpaired) electrons. The second-order valence-corrected chi connectivity index (χ2v) is 7.76. The molecule has 1 fully saturated rings. The Morgan fingerprint density at radius 1 is 1.26 bits per heavy atom. The van der Waals surface area contributed by atoms with Gasteiger partial charge in [-0.3, -0.25) is 4.79 Å². The summed E-state index contributed by atoms with van der Waals surface area (Å²) in [6.07, 6.45) is 4.56. The van der Waals surface area contributed by atoms with E-state index in [1.54, 1.807) is 0 Å². The Kier molecular flexibility index (Phi) is 7.99. The Hall–Kier alpha value is -0.280. The third kappa shape index (κ3) is 8.48. The summed E-state index contributed by atoms with van der Waals surface area (Å²) in [4.78, 5) is 11.2. The quantitative estimate of drug-likeness (QED) is 0.449.